The highest BCUT2D eigenvalue weighted by Crippen LogP contribution is 2.25. The van der Waals surface area contributed by atoms with Crippen LogP contribution in [0.2, 0.25) is 0 Å². The van der Waals surface area contributed by atoms with Crippen molar-refractivity contribution in [1.82, 2.24) is 20.0 Å². The maximum atomic E-state index is 12.5. The Hall–Kier alpha value is -1.35. The number of amides is 1. The number of likely N-dealkylation sites (N-methyl/N-ethyl adjacent to an activating group) is 2. The standard InChI is InChI=1S/C22H37N5O.HI/c1-5-23-22(25(4)18-21(28)26(6-2)7-3)24-17-20(27-15-11-12-16-27)19-13-9-8-10-14-19;/h8-10,13-14,20H,5-7,11-12,15-18H2,1-4H3,(H,23,24);1H. The smallest absolute Gasteiger partial charge is 0.242 e. The number of nitrogens with zero attached hydrogens (tertiary/aromatic N) is 4. The van der Waals surface area contributed by atoms with Gasteiger partial charge in [-0.05, 0) is 52.3 Å². The Morgan fingerprint density at radius 2 is 1.76 bits per heavy atom. The quantitative estimate of drug-likeness (QED) is 0.312. The van der Waals surface area contributed by atoms with E-state index in [2.05, 4.69) is 47.5 Å². The Kier molecular flexibility index (Phi) is 12.2. The van der Waals surface area contributed by atoms with Crippen molar-refractivity contribution >= 4 is 35.8 Å². The average molecular weight is 515 g/mol. The summed E-state index contributed by atoms with van der Waals surface area (Å²) in [5.74, 6) is 0.931. The number of hydrogen-bond donors (Lipinski definition) is 1. The molecule has 1 fully saturated rings. The second-order valence-corrected chi connectivity index (χ2v) is 7.29. The lowest BCUT2D eigenvalue weighted by Gasteiger charge is -2.29. The zero-order valence-electron chi connectivity index (χ0n) is 18.4. The normalized spacial score (nSPS) is 15.5. The van der Waals surface area contributed by atoms with Gasteiger partial charge >= 0.3 is 0 Å². The molecule has 1 N–H and O–H groups in total. The Morgan fingerprint density at radius 3 is 2.31 bits per heavy atom. The second-order valence-electron chi connectivity index (χ2n) is 7.29. The molecule has 1 heterocycles. The van der Waals surface area contributed by atoms with Gasteiger partial charge in [-0.1, -0.05) is 30.3 Å². The molecular weight excluding hydrogens is 477 g/mol. The van der Waals surface area contributed by atoms with Gasteiger partial charge in [0.25, 0.3) is 0 Å². The monoisotopic (exact) mass is 515 g/mol. The molecule has 0 aliphatic carbocycles. The third-order valence-electron chi connectivity index (χ3n) is 5.36. The van der Waals surface area contributed by atoms with Gasteiger partial charge in [0.1, 0.15) is 0 Å². The second kappa shape index (κ2) is 13.8. The lowest BCUT2D eigenvalue weighted by molar-refractivity contribution is -0.131. The summed E-state index contributed by atoms with van der Waals surface area (Å²) in [6, 6.07) is 10.9. The molecule has 7 heteroatoms. The molecule has 1 aromatic carbocycles. The SMILES string of the molecule is CCNC(=NCC(c1ccccc1)N1CCCC1)N(C)CC(=O)N(CC)CC.I. The summed E-state index contributed by atoms with van der Waals surface area (Å²) < 4.78 is 0. The third kappa shape index (κ3) is 7.77. The maximum absolute atomic E-state index is 12.5. The lowest BCUT2D eigenvalue weighted by Crippen LogP contribution is -2.46. The lowest BCUT2D eigenvalue weighted by atomic mass is 10.1. The molecule has 0 spiro atoms. The van der Waals surface area contributed by atoms with Gasteiger partial charge in [0, 0.05) is 26.7 Å². The van der Waals surface area contributed by atoms with Gasteiger partial charge in [-0.15, -0.1) is 24.0 Å². The fourth-order valence-electron chi connectivity index (χ4n) is 3.76. The van der Waals surface area contributed by atoms with Crippen molar-refractivity contribution in [3.63, 3.8) is 0 Å². The predicted octanol–water partition coefficient (Wildman–Crippen LogP) is 3.21. The van der Waals surface area contributed by atoms with Crippen molar-refractivity contribution in [1.29, 1.82) is 0 Å². The van der Waals surface area contributed by atoms with Crippen LogP contribution in [0.4, 0.5) is 0 Å². The molecule has 1 unspecified atom stereocenters. The van der Waals surface area contributed by atoms with Crippen LogP contribution >= 0.6 is 24.0 Å². The molecule has 0 bridgehead atoms. The maximum Gasteiger partial charge on any atom is 0.242 e. The number of guanidine groups is 1. The first-order valence-electron chi connectivity index (χ1n) is 10.7. The van der Waals surface area contributed by atoms with Crippen molar-refractivity contribution in [2.24, 2.45) is 4.99 Å². The highest BCUT2D eigenvalue weighted by Gasteiger charge is 2.23. The molecule has 29 heavy (non-hydrogen) atoms. The Labute approximate surface area is 193 Å². The van der Waals surface area contributed by atoms with Crippen LogP contribution in [0.3, 0.4) is 0 Å². The molecule has 1 aromatic rings. The molecule has 1 aliphatic heterocycles. The van der Waals surface area contributed by atoms with Crippen LogP contribution < -0.4 is 5.32 Å². The fraction of sp³-hybridized carbons (Fsp3) is 0.636. The molecule has 0 saturated carbocycles. The summed E-state index contributed by atoms with van der Waals surface area (Å²) in [4.78, 5) is 23.7. The van der Waals surface area contributed by atoms with E-state index in [1.54, 1.807) is 0 Å². The number of nitrogens with one attached hydrogen (secondary N) is 1. The minimum Gasteiger partial charge on any atom is -0.357 e. The molecule has 1 aliphatic rings. The van der Waals surface area contributed by atoms with Crippen LogP contribution in [0.15, 0.2) is 35.3 Å². The minimum absolute atomic E-state index is 0. The number of carbonyl (C=O) groups excluding carboxylic acids is 1. The predicted molar refractivity (Wildman–Crippen MR) is 132 cm³/mol. The van der Waals surface area contributed by atoms with Crippen molar-refractivity contribution < 1.29 is 4.79 Å². The van der Waals surface area contributed by atoms with Crippen LogP contribution in [0.5, 0.6) is 0 Å². The third-order valence-corrected chi connectivity index (χ3v) is 5.36. The summed E-state index contributed by atoms with van der Waals surface area (Å²) in [5, 5.41) is 3.35. The Morgan fingerprint density at radius 1 is 1.14 bits per heavy atom. The van der Waals surface area contributed by atoms with Crippen LogP contribution in [-0.4, -0.2) is 79.4 Å². The zero-order valence-corrected chi connectivity index (χ0v) is 20.8. The van der Waals surface area contributed by atoms with Crippen molar-refractivity contribution in [3.05, 3.63) is 35.9 Å². The van der Waals surface area contributed by atoms with E-state index in [0.717, 1.165) is 38.7 Å². The highest BCUT2D eigenvalue weighted by molar-refractivity contribution is 14.0. The summed E-state index contributed by atoms with van der Waals surface area (Å²) in [6.07, 6.45) is 2.51. The molecule has 0 radical (unpaired) electrons. The average Bonchev–Trinajstić information content (AvgIpc) is 3.23. The largest absolute Gasteiger partial charge is 0.357 e. The molecule has 6 nitrogen and oxygen atoms in total. The number of rotatable bonds is 9. The summed E-state index contributed by atoms with van der Waals surface area (Å²) in [6.45, 7) is 11.6. The number of hydrogen-bond acceptors (Lipinski definition) is 3. The van der Waals surface area contributed by atoms with Crippen LogP contribution in [0, 0.1) is 0 Å². The number of likely N-dealkylation sites (tertiary alicyclic amines) is 1. The molecule has 1 amide bonds. The fourth-order valence-corrected chi connectivity index (χ4v) is 3.76. The molecule has 1 saturated heterocycles. The van der Waals surface area contributed by atoms with E-state index >= 15 is 0 Å². The molecular formula is C22H38IN5O. The van der Waals surface area contributed by atoms with Crippen LogP contribution in [0.1, 0.15) is 45.2 Å². The summed E-state index contributed by atoms with van der Waals surface area (Å²) in [5.41, 5.74) is 1.31. The number of aliphatic imine (C=N–C) groups is 1. The van der Waals surface area contributed by atoms with Gasteiger partial charge in [-0.25, -0.2) is 0 Å². The summed E-state index contributed by atoms with van der Waals surface area (Å²) >= 11 is 0. The first-order chi connectivity index (χ1) is 13.6. The van der Waals surface area contributed by atoms with Crippen LogP contribution in [0.25, 0.3) is 0 Å². The van der Waals surface area contributed by atoms with Crippen molar-refractivity contribution in [2.75, 3.05) is 52.9 Å². The Bertz CT molecular complexity index is 615. The van der Waals surface area contributed by atoms with Gasteiger partial charge in [-0.2, -0.15) is 0 Å². The zero-order chi connectivity index (χ0) is 20.4. The number of benzene rings is 1. The summed E-state index contributed by atoms with van der Waals surface area (Å²) in [7, 11) is 1.94. The first kappa shape index (κ1) is 25.7. The van der Waals surface area contributed by atoms with Gasteiger partial charge in [0.15, 0.2) is 5.96 Å². The van der Waals surface area contributed by atoms with E-state index in [1.807, 2.05) is 30.7 Å². The van der Waals surface area contributed by atoms with E-state index in [9.17, 15) is 4.79 Å². The van der Waals surface area contributed by atoms with Crippen LogP contribution in [-0.2, 0) is 4.79 Å². The number of carbonyl (C=O) groups is 1. The molecule has 164 valence electrons. The highest BCUT2D eigenvalue weighted by atomic mass is 127. The van der Waals surface area contributed by atoms with Gasteiger partial charge in [0.2, 0.25) is 5.91 Å². The van der Waals surface area contributed by atoms with Gasteiger partial charge in [0.05, 0.1) is 19.1 Å². The van der Waals surface area contributed by atoms with E-state index in [1.165, 1.54) is 18.4 Å². The van der Waals surface area contributed by atoms with Crippen molar-refractivity contribution in [2.45, 2.75) is 39.7 Å². The Balaban J connectivity index is 0.00000420. The molecule has 2 rings (SSSR count). The molecule has 1 atom stereocenters. The first-order valence-corrected chi connectivity index (χ1v) is 10.7. The van der Waals surface area contributed by atoms with E-state index in [4.69, 9.17) is 4.99 Å². The minimum atomic E-state index is 0. The topological polar surface area (TPSA) is 51.2 Å². The molecule has 0 aromatic heterocycles. The van der Waals surface area contributed by atoms with E-state index in [-0.39, 0.29) is 35.9 Å². The van der Waals surface area contributed by atoms with E-state index in [0.29, 0.717) is 13.1 Å². The van der Waals surface area contributed by atoms with Gasteiger partial charge < -0.3 is 15.1 Å². The van der Waals surface area contributed by atoms with Gasteiger partial charge in [-0.3, -0.25) is 14.7 Å². The van der Waals surface area contributed by atoms with Crippen molar-refractivity contribution in [3.8, 4) is 0 Å². The van der Waals surface area contributed by atoms with E-state index < -0.39 is 0 Å². The number of halogens is 1.